The fourth-order valence-corrected chi connectivity index (χ4v) is 3.48. The van der Waals surface area contributed by atoms with Crippen molar-refractivity contribution in [1.82, 2.24) is 10.2 Å². The van der Waals surface area contributed by atoms with Gasteiger partial charge in [-0.1, -0.05) is 34.6 Å². The van der Waals surface area contributed by atoms with E-state index in [4.69, 9.17) is 0 Å². The minimum atomic E-state index is 0.386. The van der Waals surface area contributed by atoms with Crippen molar-refractivity contribution in [3.05, 3.63) is 0 Å². The number of thioether (sulfide) groups is 1. The van der Waals surface area contributed by atoms with Crippen LogP contribution < -0.4 is 5.32 Å². The van der Waals surface area contributed by atoms with Gasteiger partial charge in [0.05, 0.1) is 0 Å². The third-order valence-corrected chi connectivity index (χ3v) is 4.27. The van der Waals surface area contributed by atoms with Gasteiger partial charge in [0.1, 0.15) is 0 Å². The lowest BCUT2D eigenvalue weighted by Crippen LogP contribution is -2.45. The second-order valence-electron chi connectivity index (χ2n) is 6.61. The molecule has 0 amide bonds. The molecule has 3 heteroatoms. The van der Waals surface area contributed by atoms with E-state index in [2.05, 4.69) is 56.6 Å². The highest BCUT2D eigenvalue weighted by Crippen LogP contribution is 2.22. The molecule has 0 saturated carbocycles. The molecule has 2 nitrogen and oxygen atoms in total. The molecule has 1 aliphatic heterocycles. The predicted molar refractivity (Wildman–Crippen MR) is 79.8 cm³/mol. The lowest BCUT2D eigenvalue weighted by atomic mass is 9.92. The third kappa shape index (κ3) is 6.68. The first kappa shape index (κ1) is 15.3. The van der Waals surface area contributed by atoms with Crippen LogP contribution >= 0.6 is 11.8 Å². The second-order valence-corrected chi connectivity index (χ2v) is 8.15. The Balaban J connectivity index is 2.27. The van der Waals surface area contributed by atoms with Gasteiger partial charge in [0.2, 0.25) is 0 Å². The largest absolute Gasteiger partial charge is 0.316 e. The Bertz CT molecular complexity index is 216. The quantitative estimate of drug-likeness (QED) is 0.788. The molecule has 0 aromatic carbocycles. The Morgan fingerprint density at radius 1 is 1.41 bits per heavy atom. The minimum Gasteiger partial charge on any atom is -0.316 e. The third-order valence-electron chi connectivity index (χ3n) is 3.13. The van der Waals surface area contributed by atoms with Gasteiger partial charge in [-0.3, -0.25) is 0 Å². The van der Waals surface area contributed by atoms with Crippen molar-refractivity contribution in [1.29, 1.82) is 0 Å². The highest BCUT2D eigenvalue weighted by Gasteiger charge is 2.24. The summed E-state index contributed by atoms with van der Waals surface area (Å²) in [5.41, 5.74) is 0.386. The fraction of sp³-hybridized carbons (Fsp3) is 1.00. The molecule has 102 valence electrons. The van der Waals surface area contributed by atoms with Crippen molar-refractivity contribution >= 4 is 11.8 Å². The Hall–Kier alpha value is 0.270. The zero-order chi connectivity index (χ0) is 12.9. The summed E-state index contributed by atoms with van der Waals surface area (Å²) in [4.78, 5) is 2.64. The Morgan fingerprint density at radius 2 is 2.12 bits per heavy atom. The van der Waals surface area contributed by atoms with E-state index in [-0.39, 0.29) is 0 Å². The first-order valence-corrected chi connectivity index (χ1v) is 7.98. The molecule has 0 aliphatic carbocycles. The topological polar surface area (TPSA) is 15.3 Å². The van der Waals surface area contributed by atoms with Gasteiger partial charge < -0.3 is 10.2 Å². The van der Waals surface area contributed by atoms with Crippen LogP contribution in [0.15, 0.2) is 0 Å². The normalized spacial score (nSPS) is 23.3. The number of nitrogens with zero attached hydrogens (tertiary/aromatic N) is 1. The van der Waals surface area contributed by atoms with Gasteiger partial charge in [-0.25, -0.2) is 0 Å². The van der Waals surface area contributed by atoms with Crippen molar-refractivity contribution in [3.63, 3.8) is 0 Å². The van der Waals surface area contributed by atoms with Crippen LogP contribution in [-0.4, -0.2) is 48.6 Å². The summed E-state index contributed by atoms with van der Waals surface area (Å²) in [6.45, 7) is 17.7. The standard InChI is InChI=1S/C14H30N2S/c1-12(2)8-15-10-14(4,5)11-16-6-7-17-13(3)9-16/h12-13,15H,6-11H2,1-5H3. The van der Waals surface area contributed by atoms with Crippen LogP contribution in [0.1, 0.15) is 34.6 Å². The Kier molecular flexibility index (Phi) is 6.32. The Morgan fingerprint density at radius 3 is 2.71 bits per heavy atom. The van der Waals surface area contributed by atoms with E-state index in [1.54, 1.807) is 0 Å². The number of hydrogen-bond donors (Lipinski definition) is 1. The van der Waals surface area contributed by atoms with Crippen molar-refractivity contribution in [2.24, 2.45) is 11.3 Å². The van der Waals surface area contributed by atoms with E-state index < -0.39 is 0 Å². The predicted octanol–water partition coefficient (Wildman–Crippen LogP) is 2.70. The zero-order valence-electron chi connectivity index (χ0n) is 12.3. The van der Waals surface area contributed by atoms with Gasteiger partial charge >= 0.3 is 0 Å². The Labute approximate surface area is 112 Å². The van der Waals surface area contributed by atoms with E-state index in [1.165, 1.54) is 25.4 Å². The van der Waals surface area contributed by atoms with Gasteiger partial charge in [-0.05, 0) is 17.9 Å². The first-order valence-electron chi connectivity index (χ1n) is 6.94. The molecule has 0 aromatic heterocycles. The van der Waals surface area contributed by atoms with E-state index >= 15 is 0 Å². The van der Waals surface area contributed by atoms with Gasteiger partial charge in [-0.15, -0.1) is 0 Å². The molecule has 0 radical (unpaired) electrons. The highest BCUT2D eigenvalue weighted by atomic mass is 32.2. The number of hydrogen-bond acceptors (Lipinski definition) is 3. The molecule has 1 atom stereocenters. The van der Waals surface area contributed by atoms with E-state index in [0.717, 1.165) is 24.3 Å². The molecule has 1 aliphatic rings. The van der Waals surface area contributed by atoms with Gasteiger partial charge in [-0.2, -0.15) is 11.8 Å². The van der Waals surface area contributed by atoms with Crippen LogP contribution in [-0.2, 0) is 0 Å². The summed E-state index contributed by atoms with van der Waals surface area (Å²) < 4.78 is 0. The van der Waals surface area contributed by atoms with Gasteiger partial charge in [0.25, 0.3) is 0 Å². The maximum Gasteiger partial charge on any atom is 0.0147 e. The zero-order valence-corrected chi connectivity index (χ0v) is 13.1. The summed E-state index contributed by atoms with van der Waals surface area (Å²) in [6, 6.07) is 0. The summed E-state index contributed by atoms with van der Waals surface area (Å²) in [5.74, 6) is 2.05. The second kappa shape index (κ2) is 7.01. The van der Waals surface area contributed by atoms with E-state index in [1.807, 2.05) is 0 Å². The molecule has 1 rings (SSSR count). The average molecular weight is 258 g/mol. The molecule has 1 unspecified atom stereocenters. The summed E-state index contributed by atoms with van der Waals surface area (Å²) in [6.07, 6.45) is 0. The van der Waals surface area contributed by atoms with Crippen LogP contribution in [0.2, 0.25) is 0 Å². The minimum absolute atomic E-state index is 0.386. The lowest BCUT2D eigenvalue weighted by Gasteiger charge is -2.37. The monoisotopic (exact) mass is 258 g/mol. The summed E-state index contributed by atoms with van der Waals surface area (Å²) in [7, 11) is 0. The highest BCUT2D eigenvalue weighted by molar-refractivity contribution is 7.99. The SMILES string of the molecule is CC(C)CNCC(C)(C)CN1CCSC(C)C1. The van der Waals surface area contributed by atoms with Gasteiger partial charge in [0, 0.05) is 37.2 Å². The molecule has 1 N–H and O–H groups in total. The molecule has 1 fully saturated rings. The van der Waals surface area contributed by atoms with Crippen molar-refractivity contribution in [3.8, 4) is 0 Å². The van der Waals surface area contributed by atoms with Crippen LogP contribution in [0.5, 0.6) is 0 Å². The van der Waals surface area contributed by atoms with Crippen molar-refractivity contribution < 1.29 is 0 Å². The molecule has 17 heavy (non-hydrogen) atoms. The molecule has 0 aromatic rings. The molecule has 0 spiro atoms. The molecular formula is C14H30N2S. The van der Waals surface area contributed by atoms with E-state index in [0.29, 0.717) is 5.41 Å². The van der Waals surface area contributed by atoms with E-state index in [9.17, 15) is 0 Å². The smallest absolute Gasteiger partial charge is 0.0147 e. The molecule has 0 bridgehead atoms. The first-order chi connectivity index (χ1) is 7.89. The maximum absolute atomic E-state index is 3.59. The van der Waals surface area contributed by atoms with Crippen molar-refractivity contribution in [2.75, 3.05) is 38.5 Å². The summed E-state index contributed by atoms with van der Waals surface area (Å²) >= 11 is 2.11. The van der Waals surface area contributed by atoms with Crippen LogP contribution in [0.4, 0.5) is 0 Å². The molecular weight excluding hydrogens is 228 g/mol. The summed E-state index contributed by atoms with van der Waals surface area (Å²) in [5, 5.41) is 4.40. The molecule has 1 saturated heterocycles. The maximum atomic E-state index is 3.59. The number of nitrogens with one attached hydrogen (secondary N) is 1. The van der Waals surface area contributed by atoms with Gasteiger partial charge in [0.15, 0.2) is 0 Å². The van der Waals surface area contributed by atoms with Crippen LogP contribution in [0, 0.1) is 11.3 Å². The number of rotatable bonds is 6. The van der Waals surface area contributed by atoms with Crippen LogP contribution in [0.3, 0.4) is 0 Å². The lowest BCUT2D eigenvalue weighted by molar-refractivity contribution is 0.179. The average Bonchev–Trinajstić information content (AvgIpc) is 2.15. The van der Waals surface area contributed by atoms with Crippen LogP contribution in [0.25, 0.3) is 0 Å². The molecule has 1 heterocycles. The fourth-order valence-electron chi connectivity index (χ4n) is 2.39. The van der Waals surface area contributed by atoms with Crippen molar-refractivity contribution in [2.45, 2.75) is 39.9 Å².